The van der Waals surface area contributed by atoms with Crippen LogP contribution in [0.15, 0.2) is 60.8 Å². The number of carbonyl (C=O) groups is 1. The third-order valence-corrected chi connectivity index (χ3v) is 5.06. The van der Waals surface area contributed by atoms with Crippen molar-refractivity contribution in [3.63, 3.8) is 0 Å². The lowest BCUT2D eigenvalue weighted by Gasteiger charge is -2.13. The molecular formula is C24H19ClFN5O2. The van der Waals surface area contributed by atoms with Gasteiger partial charge >= 0.3 is 5.97 Å². The fraction of sp³-hybridized carbons (Fsp3) is 0.0833. The molecular weight excluding hydrogens is 445 g/mol. The van der Waals surface area contributed by atoms with Gasteiger partial charge in [-0.05, 0) is 61.4 Å². The second-order valence-electron chi connectivity index (χ2n) is 7.32. The summed E-state index contributed by atoms with van der Waals surface area (Å²) in [7, 11) is 0. The van der Waals surface area contributed by atoms with E-state index in [2.05, 4.69) is 20.4 Å². The molecule has 9 heteroatoms. The highest BCUT2D eigenvalue weighted by Crippen LogP contribution is 2.29. The second-order valence-corrected chi connectivity index (χ2v) is 7.73. The van der Waals surface area contributed by atoms with Crippen molar-refractivity contribution in [3.05, 3.63) is 88.6 Å². The molecule has 0 bridgehead atoms. The quantitative estimate of drug-likeness (QED) is 0.362. The van der Waals surface area contributed by atoms with E-state index in [0.29, 0.717) is 17.1 Å². The summed E-state index contributed by atoms with van der Waals surface area (Å²) in [4.78, 5) is 20.0. The molecule has 33 heavy (non-hydrogen) atoms. The molecule has 0 aliphatic rings. The summed E-state index contributed by atoms with van der Waals surface area (Å²) in [6, 6.07) is 13.6. The van der Waals surface area contributed by atoms with Gasteiger partial charge in [0, 0.05) is 29.2 Å². The number of aliphatic carboxylic acids is 1. The van der Waals surface area contributed by atoms with Crippen molar-refractivity contribution in [2.75, 3.05) is 5.32 Å². The number of nitrogens with zero attached hydrogens (tertiary/aromatic N) is 4. The molecule has 0 radical (unpaired) electrons. The monoisotopic (exact) mass is 463 g/mol. The zero-order valence-corrected chi connectivity index (χ0v) is 18.5. The average molecular weight is 464 g/mol. The van der Waals surface area contributed by atoms with Gasteiger partial charge in [-0.3, -0.25) is 0 Å². The van der Waals surface area contributed by atoms with E-state index < -0.39 is 11.8 Å². The topological polar surface area (TPSA) is 92.9 Å². The number of rotatable bonds is 6. The van der Waals surface area contributed by atoms with Gasteiger partial charge in [-0.25, -0.2) is 18.9 Å². The van der Waals surface area contributed by atoms with E-state index in [1.54, 1.807) is 23.0 Å². The number of hydrogen-bond acceptors (Lipinski definition) is 5. The number of nitrogens with one attached hydrogen (secondary N) is 1. The van der Waals surface area contributed by atoms with Gasteiger partial charge < -0.3 is 10.4 Å². The van der Waals surface area contributed by atoms with Gasteiger partial charge in [-0.2, -0.15) is 10.1 Å². The average Bonchev–Trinajstić information content (AvgIpc) is 3.13. The van der Waals surface area contributed by atoms with Crippen LogP contribution in [-0.4, -0.2) is 30.8 Å². The summed E-state index contributed by atoms with van der Waals surface area (Å²) in [6.07, 6.45) is 4.26. The number of anilines is 2. The van der Waals surface area contributed by atoms with Gasteiger partial charge in [0.25, 0.3) is 0 Å². The Morgan fingerprint density at radius 3 is 2.70 bits per heavy atom. The lowest BCUT2D eigenvalue weighted by Crippen LogP contribution is -2.08. The van der Waals surface area contributed by atoms with Crippen LogP contribution < -0.4 is 5.32 Å². The summed E-state index contributed by atoms with van der Waals surface area (Å²) >= 11 is 5.88. The van der Waals surface area contributed by atoms with Crippen LogP contribution in [0.4, 0.5) is 16.0 Å². The lowest BCUT2D eigenvalue weighted by molar-refractivity contribution is -0.131. The van der Waals surface area contributed by atoms with Crippen LogP contribution in [-0.2, 0) is 4.79 Å². The maximum Gasteiger partial charge on any atom is 0.328 e. The van der Waals surface area contributed by atoms with Gasteiger partial charge in [0.05, 0.1) is 10.7 Å². The van der Waals surface area contributed by atoms with Crippen LogP contribution >= 0.6 is 11.6 Å². The van der Waals surface area contributed by atoms with Crippen molar-refractivity contribution in [2.45, 2.75) is 13.8 Å². The van der Waals surface area contributed by atoms with Crippen LogP contribution in [0, 0.1) is 19.7 Å². The van der Waals surface area contributed by atoms with Gasteiger partial charge in [-0.15, -0.1) is 0 Å². The number of carboxylic acids is 1. The van der Waals surface area contributed by atoms with Crippen molar-refractivity contribution in [2.24, 2.45) is 0 Å². The van der Waals surface area contributed by atoms with Crippen molar-refractivity contribution < 1.29 is 14.3 Å². The number of aromatic nitrogens is 4. The zero-order chi connectivity index (χ0) is 23.5. The molecule has 0 saturated carbocycles. The Morgan fingerprint density at radius 2 is 2.00 bits per heavy atom. The molecule has 2 aromatic carbocycles. The molecule has 4 rings (SSSR count). The van der Waals surface area contributed by atoms with Crippen molar-refractivity contribution in [1.82, 2.24) is 19.7 Å². The minimum absolute atomic E-state index is 0.0124. The predicted octanol–water partition coefficient (Wildman–Crippen LogP) is 5.58. The fourth-order valence-corrected chi connectivity index (χ4v) is 3.50. The minimum Gasteiger partial charge on any atom is -0.478 e. The molecule has 0 atom stereocenters. The van der Waals surface area contributed by atoms with E-state index in [9.17, 15) is 9.18 Å². The molecule has 0 aliphatic heterocycles. The number of benzene rings is 2. The molecule has 0 aliphatic carbocycles. The Morgan fingerprint density at radius 1 is 1.18 bits per heavy atom. The first-order chi connectivity index (χ1) is 15.8. The number of aryl methyl sites for hydroxylation is 2. The Hall–Kier alpha value is -4.04. The normalized spacial score (nSPS) is 11.2. The Labute approximate surface area is 194 Å². The molecule has 166 valence electrons. The first-order valence-electron chi connectivity index (χ1n) is 9.94. The maximum absolute atomic E-state index is 13.5. The Bertz CT molecular complexity index is 1380. The van der Waals surface area contributed by atoms with Crippen molar-refractivity contribution in [1.29, 1.82) is 0 Å². The summed E-state index contributed by atoms with van der Waals surface area (Å²) < 4.78 is 15.2. The third-order valence-electron chi connectivity index (χ3n) is 4.77. The first kappa shape index (κ1) is 22.2. The van der Waals surface area contributed by atoms with E-state index in [1.807, 2.05) is 38.1 Å². The minimum atomic E-state index is -1.02. The molecule has 7 nitrogen and oxygen atoms in total. The molecule has 0 unspecified atom stereocenters. The summed E-state index contributed by atoms with van der Waals surface area (Å²) in [6.45, 7) is 3.81. The highest BCUT2D eigenvalue weighted by Gasteiger charge is 2.15. The maximum atomic E-state index is 13.5. The number of carboxylic acid groups (broad SMARTS) is 1. The van der Waals surface area contributed by atoms with Gasteiger partial charge in [-0.1, -0.05) is 29.8 Å². The number of halogens is 2. The first-order valence-corrected chi connectivity index (χ1v) is 10.3. The highest BCUT2D eigenvalue weighted by molar-refractivity contribution is 6.31. The van der Waals surface area contributed by atoms with E-state index in [0.717, 1.165) is 28.6 Å². The summed E-state index contributed by atoms with van der Waals surface area (Å²) in [5.74, 6) is -0.724. The fourth-order valence-electron chi connectivity index (χ4n) is 3.32. The van der Waals surface area contributed by atoms with E-state index in [1.165, 1.54) is 18.2 Å². The zero-order valence-electron chi connectivity index (χ0n) is 17.8. The number of hydrogen-bond donors (Lipinski definition) is 2. The second kappa shape index (κ2) is 9.22. The Balaban J connectivity index is 1.80. The van der Waals surface area contributed by atoms with E-state index in [4.69, 9.17) is 16.7 Å². The van der Waals surface area contributed by atoms with Gasteiger partial charge in [0.15, 0.2) is 5.82 Å². The van der Waals surface area contributed by atoms with Crippen molar-refractivity contribution >= 4 is 35.3 Å². The molecule has 0 amide bonds. The van der Waals surface area contributed by atoms with Crippen LogP contribution in [0.5, 0.6) is 0 Å². The largest absolute Gasteiger partial charge is 0.478 e. The molecule has 0 spiro atoms. The lowest BCUT2D eigenvalue weighted by atomic mass is 10.0. The SMILES string of the molecule is Cc1cc(C)n(-c2nc(Nc3ccc(F)c(Cl)c3)ncc2-c2cccc(/C=C/C(=O)O)c2)n1. The molecule has 2 aromatic heterocycles. The van der Waals surface area contributed by atoms with Crippen LogP contribution in [0.2, 0.25) is 5.02 Å². The van der Waals surface area contributed by atoms with Crippen LogP contribution in [0.25, 0.3) is 23.0 Å². The smallest absolute Gasteiger partial charge is 0.328 e. The standard InChI is InChI=1S/C24H19ClFN5O2/c1-14-10-15(2)31(30-14)23-19(17-5-3-4-16(11-17)6-9-22(32)33)13-27-24(29-23)28-18-7-8-21(26)20(25)12-18/h3-13H,1-2H3,(H,32,33)(H,27,28,29)/b9-6+. The van der Waals surface area contributed by atoms with Crippen molar-refractivity contribution in [3.8, 4) is 16.9 Å². The molecule has 2 N–H and O–H groups in total. The van der Waals surface area contributed by atoms with E-state index >= 15 is 0 Å². The third kappa shape index (κ3) is 5.07. The summed E-state index contributed by atoms with van der Waals surface area (Å²) in [5, 5.41) is 16.5. The van der Waals surface area contributed by atoms with Gasteiger partial charge in [0.1, 0.15) is 5.82 Å². The van der Waals surface area contributed by atoms with Crippen LogP contribution in [0.1, 0.15) is 17.0 Å². The highest BCUT2D eigenvalue weighted by atomic mass is 35.5. The van der Waals surface area contributed by atoms with Crippen LogP contribution in [0.3, 0.4) is 0 Å². The van der Waals surface area contributed by atoms with E-state index in [-0.39, 0.29) is 11.0 Å². The molecule has 4 aromatic rings. The predicted molar refractivity (Wildman–Crippen MR) is 125 cm³/mol. The summed E-state index contributed by atoms with van der Waals surface area (Å²) in [5.41, 5.74) is 4.46. The molecule has 0 fully saturated rings. The Kier molecular flexibility index (Phi) is 6.19. The molecule has 2 heterocycles. The van der Waals surface area contributed by atoms with Gasteiger partial charge in [0.2, 0.25) is 5.95 Å². The molecule has 0 saturated heterocycles.